The van der Waals surface area contributed by atoms with E-state index < -0.39 is 11.7 Å². The van der Waals surface area contributed by atoms with Crippen LogP contribution in [0.1, 0.15) is 85.8 Å². The van der Waals surface area contributed by atoms with Gasteiger partial charge in [-0.2, -0.15) is 5.10 Å². The first-order valence-corrected chi connectivity index (χ1v) is 16.5. The summed E-state index contributed by atoms with van der Waals surface area (Å²) in [6, 6.07) is 11.6. The highest BCUT2D eigenvalue weighted by Gasteiger charge is 2.26. The third kappa shape index (κ3) is 10.1. The number of piperazine rings is 1. The molecule has 4 rings (SSSR count). The van der Waals surface area contributed by atoms with Gasteiger partial charge in [0, 0.05) is 63.3 Å². The van der Waals surface area contributed by atoms with Gasteiger partial charge in [-0.1, -0.05) is 62.8 Å². The molecular weight excluding hydrogens is 597 g/mol. The fourth-order valence-electron chi connectivity index (χ4n) is 5.73. The van der Waals surface area contributed by atoms with Crippen molar-refractivity contribution < 1.29 is 18.8 Å². The van der Waals surface area contributed by atoms with E-state index in [1.54, 1.807) is 34.1 Å². The number of carbonyl (C=O) groups excluding carboxylic acids is 3. The summed E-state index contributed by atoms with van der Waals surface area (Å²) in [6.07, 6.45) is 9.64. The van der Waals surface area contributed by atoms with Crippen LogP contribution in [0.5, 0.6) is 0 Å². The number of rotatable bonds is 16. The molecule has 45 heavy (non-hydrogen) atoms. The molecule has 1 saturated heterocycles. The highest BCUT2D eigenvalue weighted by molar-refractivity contribution is 6.18. The number of amides is 3. The highest BCUT2D eigenvalue weighted by Crippen LogP contribution is 2.20. The molecule has 1 fully saturated rings. The normalized spacial score (nSPS) is 13.3. The molecule has 0 bridgehead atoms. The maximum atomic E-state index is 14.8. The number of hydrogen-bond acceptors (Lipinski definition) is 5. The van der Waals surface area contributed by atoms with Gasteiger partial charge in [-0.05, 0) is 36.6 Å². The summed E-state index contributed by atoms with van der Waals surface area (Å²) in [7, 11) is 0. The van der Waals surface area contributed by atoms with E-state index in [1.807, 2.05) is 12.1 Å². The van der Waals surface area contributed by atoms with E-state index in [0.29, 0.717) is 79.9 Å². The fourth-order valence-corrected chi connectivity index (χ4v) is 5.83. The van der Waals surface area contributed by atoms with Crippen LogP contribution in [0, 0.1) is 5.82 Å². The number of fused-ring (bicyclic) bond motifs is 1. The summed E-state index contributed by atoms with van der Waals surface area (Å²) < 4.78 is 14.8. The lowest BCUT2D eigenvalue weighted by atomic mass is 10.0. The SMILES string of the molecule is O=C(CCCCCCCCCCC(=O)N1CCN(C(=O)c2cc(Cc3n[nH]c(=O)c4ccccc34)ccc2F)CC1)NCCCl. The third-order valence-corrected chi connectivity index (χ3v) is 8.48. The second-order valence-electron chi connectivity index (χ2n) is 11.6. The molecule has 242 valence electrons. The molecule has 1 aromatic heterocycles. The van der Waals surface area contributed by atoms with Crippen molar-refractivity contribution in [2.45, 2.75) is 70.6 Å². The maximum absolute atomic E-state index is 14.8. The van der Waals surface area contributed by atoms with Crippen LogP contribution in [0.4, 0.5) is 4.39 Å². The number of aromatic amines is 1. The Bertz CT molecular complexity index is 1510. The van der Waals surface area contributed by atoms with E-state index in [1.165, 1.54) is 6.07 Å². The highest BCUT2D eigenvalue weighted by atomic mass is 35.5. The van der Waals surface area contributed by atoms with Crippen LogP contribution < -0.4 is 10.9 Å². The Labute approximate surface area is 268 Å². The molecular formula is C34H43ClFN5O4. The summed E-state index contributed by atoms with van der Waals surface area (Å²) in [4.78, 5) is 53.1. The quantitative estimate of drug-likeness (QED) is 0.165. The number of unbranched alkanes of at least 4 members (excludes halogenated alkanes) is 7. The van der Waals surface area contributed by atoms with Crippen LogP contribution >= 0.6 is 11.6 Å². The molecule has 1 aliphatic heterocycles. The van der Waals surface area contributed by atoms with Gasteiger partial charge in [-0.15, -0.1) is 11.6 Å². The number of H-pyrrole nitrogens is 1. The van der Waals surface area contributed by atoms with Gasteiger partial charge in [0.05, 0.1) is 16.6 Å². The van der Waals surface area contributed by atoms with Crippen LogP contribution in [0.3, 0.4) is 0 Å². The van der Waals surface area contributed by atoms with Gasteiger partial charge >= 0.3 is 0 Å². The van der Waals surface area contributed by atoms with Gasteiger partial charge in [0.15, 0.2) is 0 Å². The summed E-state index contributed by atoms with van der Waals surface area (Å²) >= 11 is 5.57. The van der Waals surface area contributed by atoms with E-state index in [4.69, 9.17) is 11.6 Å². The van der Waals surface area contributed by atoms with Crippen LogP contribution in [0.25, 0.3) is 10.8 Å². The van der Waals surface area contributed by atoms with Gasteiger partial charge in [-0.3, -0.25) is 19.2 Å². The van der Waals surface area contributed by atoms with E-state index in [2.05, 4.69) is 15.5 Å². The van der Waals surface area contributed by atoms with E-state index in [9.17, 15) is 23.6 Å². The molecule has 2 N–H and O–H groups in total. The fraction of sp³-hybridized carbons (Fsp3) is 0.500. The van der Waals surface area contributed by atoms with Gasteiger partial charge in [0.2, 0.25) is 11.8 Å². The molecule has 0 radical (unpaired) electrons. The molecule has 2 aromatic carbocycles. The molecule has 0 spiro atoms. The topological polar surface area (TPSA) is 115 Å². The second kappa shape index (κ2) is 17.6. The van der Waals surface area contributed by atoms with Gasteiger partial charge in [0.1, 0.15) is 5.82 Å². The van der Waals surface area contributed by atoms with Crippen LogP contribution in [0.15, 0.2) is 47.3 Å². The van der Waals surface area contributed by atoms with E-state index >= 15 is 0 Å². The van der Waals surface area contributed by atoms with Crippen molar-refractivity contribution >= 4 is 40.1 Å². The molecule has 0 aliphatic carbocycles. The molecule has 1 aliphatic rings. The Morgan fingerprint density at radius 1 is 0.844 bits per heavy atom. The standard InChI is InChI=1S/C34H43ClFN5O4/c35-17-18-37-31(42)13-7-5-3-1-2-4-6-8-14-32(43)40-19-21-41(22-20-40)34(45)28-23-25(15-16-29(28)36)24-30-26-11-9-10-12-27(26)33(44)39-38-30/h9-12,15-16,23H,1-8,13-14,17-22,24H2,(H,37,42)(H,39,44). The predicted molar refractivity (Wildman–Crippen MR) is 174 cm³/mol. The van der Waals surface area contributed by atoms with Crippen LogP contribution in [-0.4, -0.2) is 76.3 Å². The molecule has 3 amide bonds. The average molecular weight is 640 g/mol. The van der Waals surface area contributed by atoms with Crippen molar-refractivity contribution in [2.24, 2.45) is 0 Å². The Hall–Kier alpha value is -3.79. The zero-order valence-corrected chi connectivity index (χ0v) is 26.5. The lowest BCUT2D eigenvalue weighted by Gasteiger charge is -2.35. The predicted octanol–water partition coefficient (Wildman–Crippen LogP) is 5.19. The van der Waals surface area contributed by atoms with Crippen molar-refractivity contribution in [3.8, 4) is 0 Å². The molecule has 0 saturated carbocycles. The number of hydrogen-bond donors (Lipinski definition) is 2. The molecule has 11 heteroatoms. The van der Waals surface area contributed by atoms with Crippen LogP contribution in [-0.2, 0) is 16.0 Å². The monoisotopic (exact) mass is 639 g/mol. The zero-order chi connectivity index (χ0) is 32.0. The Kier molecular flexibility index (Phi) is 13.4. The van der Waals surface area contributed by atoms with Crippen molar-refractivity contribution in [3.63, 3.8) is 0 Å². The van der Waals surface area contributed by atoms with E-state index in [0.717, 1.165) is 51.4 Å². The minimum absolute atomic E-state index is 0.00577. The number of aromatic nitrogens is 2. The van der Waals surface area contributed by atoms with Crippen molar-refractivity contribution in [3.05, 3.63) is 75.5 Å². The lowest BCUT2D eigenvalue weighted by molar-refractivity contribution is -0.132. The van der Waals surface area contributed by atoms with Gasteiger partial charge in [0.25, 0.3) is 11.5 Å². The first-order valence-electron chi connectivity index (χ1n) is 16.0. The summed E-state index contributed by atoms with van der Waals surface area (Å²) in [5.41, 5.74) is 1.07. The first kappa shape index (κ1) is 34.1. The third-order valence-electron chi connectivity index (χ3n) is 8.29. The first-order chi connectivity index (χ1) is 21.9. The summed E-state index contributed by atoms with van der Waals surface area (Å²) in [5.74, 6) is -0.377. The number of carbonyl (C=O) groups is 3. The van der Waals surface area contributed by atoms with Gasteiger partial charge in [-0.25, -0.2) is 9.49 Å². The number of benzene rings is 2. The average Bonchev–Trinajstić information content (AvgIpc) is 3.06. The number of nitrogens with one attached hydrogen (secondary N) is 2. The Morgan fingerprint density at radius 2 is 1.47 bits per heavy atom. The molecule has 2 heterocycles. The second-order valence-corrected chi connectivity index (χ2v) is 12.0. The zero-order valence-electron chi connectivity index (χ0n) is 25.8. The lowest BCUT2D eigenvalue weighted by Crippen LogP contribution is -2.50. The van der Waals surface area contributed by atoms with Crippen molar-refractivity contribution in [1.29, 1.82) is 0 Å². The molecule has 0 atom stereocenters. The minimum atomic E-state index is -0.591. The number of nitrogens with zero attached hydrogens (tertiary/aromatic N) is 3. The number of halogens is 2. The summed E-state index contributed by atoms with van der Waals surface area (Å²) in [5, 5.41) is 10.7. The summed E-state index contributed by atoms with van der Waals surface area (Å²) in [6.45, 7) is 2.10. The van der Waals surface area contributed by atoms with Gasteiger partial charge < -0.3 is 15.1 Å². The minimum Gasteiger partial charge on any atom is -0.355 e. The van der Waals surface area contributed by atoms with Crippen molar-refractivity contribution in [2.75, 3.05) is 38.6 Å². The Morgan fingerprint density at radius 3 is 2.16 bits per heavy atom. The largest absolute Gasteiger partial charge is 0.355 e. The molecule has 0 unspecified atom stereocenters. The van der Waals surface area contributed by atoms with Crippen molar-refractivity contribution in [1.82, 2.24) is 25.3 Å². The molecule has 3 aromatic rings. The Balaban J connectivity index is 1.15. The van der Waals surface area contributed by atoms with E-state index in [-0.39, 0.29) is 22.9 Å². The smallest absolute Gasteiger partial charge is 0.272 e. The maximum Gasteiger partial charge on any atom is 0.272 e. The van der Waals surface area contributed by atoms with Crippen LogP contribution in [0.2, 0.25) is 0 Å². The molecule has 9 nitrogen and oxygen atoms in total. The number of alkyl halides is 1.